The van der Waals surface area contributed by atoms with Crippen LogP contribution in [0.5, 0.6) is 0 Å². The number of benzene rings is 1. The Bertz CT molecular complexity index is 666. The summed E-state index contributed by atoms with van der Waals surface area (Å²) in [6.45, 7) is 0.110. The van der Waals surface area contributed by atoms with Gasteiger partial charge in [-0.1, -0.05) is 12.1 Å². The first-order chi connectivity index (χ1) is 10.1. The first-order valence-corrected chi connectivity index (χ1v) is 7.46. The Hall–Kier alpha value is -1.95. The number of thioether (sulfide) groups is 1. The van der Waals surface area contributed by atoms with E-state index in [0.717, 1.165) is 11.8 Å². The monoisotopic (exact) mass is 306 g/mol. The minimum Gasteiger partial charge on any atom is -0.320 e. The predicted octanol–water partition coefficient (Wildman–Crippen LogP) is 3.13. The zero-order valence-electron chi connectivity index (χ0n) is 11.0. The molecule has 0 bridgehead atoms. The average molecular weight is 306 g/mol. The van der Waals surface area contributed by atoms with Gasteiger partial charge in [-0.25, -0.2) is 8.78 Å². The number of halogens is 2. The van der Waals surface area contributed by atoms with Crippen LogP contribution in [0.2, 0.25) is 0 Å². The lowest BCUT2D eigenvalue weighted by Gasteiger charge is -2.23. The summed E-state index contributed by atoms with van der Waals surface area (Å²) in [6.07, 6.45) is 1.66. The zero-order valence-corrected chi connectivity index (χ0v) is 11.8. The van der Waals surface area contributed by atoms with Crippen molar-refractivity contribution < 1.29 is 13.6 Å². The molecule has 1 aromatic heterocycles. The maximum Gasteiger partial charge on any atom is 0.234 e. The standard InChI is InChI=1S/C15H12F2N2OS/c16-11-5-4-10(12(17)7-11)8-19-14(20)9-21-15(19)13-3-1-2-6-18-13/h1-7,15H,8-9H2. The van der Waals surface area contributed by atoms with E-state index in [4.69, 9.17) is 0 Å². The second-order valence-corrected chi connectivity index (χ2v) is 5.74. The molecule has 1 saturated heterocycles. The smallest absolute Gasteiger partial charge is 0.234 e. The van der Waals surface area contributed by atoms with E-state index in [0.29, 0.717) is 11.3 Å². The summed E-state index contributed by atoms with van der Waals surface area (Å²) in [7, 11) is 0. The summed E-state index contributed by atoms with van der Waals surface area (Å²) >= 11 is 1.46. The highest BCUT2D eigenvalue weighted by molar-refractivity contribution is 8.00. The molecule has 3 nitrogen and oxygen atoms in total. The Labute approximate surface area is 125 Å². The van der Waals surface area contributed by atoms with Crippen LogP contribution in [0.3, 0.4) is 0 Å². The Balaban J connectivity index is 1.86. The quantitative estimate of drug-likeness (QED) is 0.873. The summed E-state index contributed by atoms with van der Waals surface area (Å²) < 4.78 is 26.7. The molecule has 1 amide bonds. The van der Waals surface area contributed by atoms with E-state index in [2.05, 4.69) is 4.98 Å². The number of aromatic nitrogens is 1. The summed E-state index contributed by atoms with van der Waals surface area (Å²) in [5.41, 5.74) is 1.06. The van der Waals surface area contributed by atoms with Gasteiger partial charge in [0.1, 0.15) is 17.0 Å². The molecule has 1 aliphatic rings. The second-order valence-electron chi connectivity index (χ2n) is 4.68. The van der Waals surface area contributed by atoms with E-state index < -0.39 is 11.6 Å². The maximum absolute atomic E-state index is 13.8. The van der Waals surface area contributed by atoms with Gasteiger partial charge in [0, 0.05) is 17.8 Å². The Morgan fingerprint density at radius 3 is 2.86 bits per heavy atom. The zero-order chi connectivity index (χ0) is 14.8. The van der Waals surface area contributed by atoms with Crippen molar-refractivity contribution in [3.8, 4) is 0 Å². The van der Waals surface area contributed by atoms with Crippen LogP contribution in [-0.4, -0.2) is 21.5 Å². The molecule has 0 N–H and O–H groups in total. The first-order valence-electron chi connectivity index (χ1n) is 6.41. The highest BCUT2D eigenvalue weighted by Gasteiger charge is 2.34. The largest absolute Gasteiger partial charge is 0.320 e. The average Bonchev–Trinajstić information content (AvgIpc) is 2.84. The van der Waals surface area contributed by atoms with Gasteiger partial charge in [-0.2, -0.15) is 0 Å². The van der Waals surface area contributed by atoms with Gasteiger partial charge in [0.25, 0.3) is 0 Å². The van der Waals surface area contributed by atoms with Gasteiger partial charge in [-0.15, -0.1) is 11.8 Å². The van der Waals surface area contributed by atoms with Crippen LogP contribution in [-0.2, 0) is 11.3 Å². The number of carbonyl (C=O) groups excluding carboxylic acids is 1. The molecule has 2 aromatic rings. The Morgan fingerprint density at radius 1 is 1.29 bits per heavy atom. The van der Waals surface area contributed by atoms with Crippen LogP contribution in [0.1, 0.15) is 16.6 Å². The third-order valence-corrected chi connectivity index (χ3v) is 4.49. The summed E-state index contributed by atoms with van der Waals surface area (Å²) in [4.78, 5) is 17.8. The van der Waals surface area contributed by atoms with Crippen LogP contribution in [0.25, 0.3) is 0 Å². The number of hydrogen-bond donors (Lipinski definition) is 0. The molecule has 1 aliphatic heterocycles. The molecule has 108 valence electrons. The topological polar surface area (TPSA) is 33.2 Å². The lowest BCUT2D eigenvalue weighted by atomic mass is 10.2. The third-order valence-electron chi connectivity index (χ3n) is 3.26. The molecule has 0 saturated carbocycles. The van der Waals surface area contributed by atoms with Gasteiger partial charge in [-0.05, 0) is 18.2 Å². The molecule has 0 aliphatic carbocycles. The Kier molecular flexibility index (Phi) is 3.88. The van der Waals surface area contributed by atoms with E-state index >= 15 is 0 Å². The van der Waals surface area contributed by atoms with Crippen LogP contribution in [0.4, 0.5) is 8.78 Å². The van der Waals surface area contributed by atoms with Crippen molar-refractivity contribution >= 4 is 17.7 Å². The number of rotatable bonds is 3. The molecular weight excluding hydrogens is 294 g/mol. The Morgan fingerprint density at radius 2 is 2.14 bits per heavy atom. The maximum atomic E-state index is 13.8. The first kappa shape index (κ1) is 14.0. The van der Waals surface area contributed by atoms with E-state index in [1.807, 2.05) is 12.1 Å². The van der Waals surface area contributed by atoms with Gasteiger partial charge in [-0.3, -0.25) is 9.78 Å². The lowest BCUT2D eigenvalue weighted by Crippen LogP contribution is -2.28. The normalized spacial score (nSPS) is 18.3. The fraction of sp³-hybridized carbons (Fsp3) is 0.200. The predicted molar refractivity (Wildman–Crippen MR) is 76.3 cm³/mol. The van der Waals surface area contributed by atoms with Gasteiger partial charge < -0.3 is 4.90 Å². The minimum atomic E-state index is -0.639. The highest BCUT2D eigenvalue weighted by atomic mass is 32.2. The molecule has 6 heteroatoms. The van der Waals surface area contributed by atoms with Crippen LogP contribution >= 0.6 is 11.8 Å². The van der Waals surface area contributed by atoms with Crippen molar-refractivity contribution in [2.75, 3.05) is 5.75 Å². The van der Waals surface area contributed by atoms with Gasteiger partial charge in [0.2, 0.25) is 5.91 Å². The fourth-order valence-corrected chi connectivity index (χ4v) is 3.37. The molecule has 1 unspecified atom stereocenters. The molecule has 3 rings (SSSR count). The van der Waals surface area contributed by atoms with Crippen molar-refractivity contribution in [3.63, 3.8) is 0 Å². The molecule has 0 spiro atoms. The summed E-state index contributed by atoms with van der Waals surface area (Å²) in [6, 6.07) is 8.89. The van der Waals surface area contributed by atoms with Gasteiger partial charge in [0.15, 0.2) is 0 Å². The van der Waals surface area contributed by atoms with E-state index in [1.165, 1.54) is 23.9 Å². The number of hydrogen-bond acceptors (Lipinski definition) is 3. The SMILES string of the molecule is O=C1CSC(c2ccccn2)N1Cc1ccc(F)cc1F. The van der Waals surface area contributed by atoms with Crippen molar-refractivity contribution in [1.29, 1.82) is 0 Å². The van der Waals surface area contributed by atoms with Crippen LogP contribution < -0.4 is 0 Å². The molecule has 21 heavy (non-hydrogen) atoms. The van der Waals surface area contributed by atoms with Crippen molar-refractivity contribution in [3.05, 3.63) is 65.5 Å². The molecule has 1 atom stereocenters. The number of amides is 1. The molecule has 0 radical (unpaired) electrons. The fourth-order valence-electron chi connectivity index (χ4n) is 2.23. The highest BCUT2D eigenvalue weighted by Crippen LogP contribution is 2.38. The second kappa shape index (κ2) is 5.81. The number of carbonyl (C=O) groups is 1. The third kappa shape index (κ3) is 2.90. The van der Waals surface area contributed by atoms with Crippen LogP contribution in [0, 0.1) is 11.6 Å². The number of nitrogens with zero attached hydrogens (tertiary/aromatic N) is 2. The minimum absolute atomic E-state index is 0.0700. The van der Waals surface area contributed by atoms with Crippen LogP contribution in [0.15, 0.2) is 42.6 Å². The number of pyridine rings is 1. The summed E-state index contributed by atoms with van der Waals surface area (Å²) in [5.74, 6) is -0.997. The molecule has 1 aromatic carbocycles. The molecule has 1 fully saturated rings. The molecular formula is C15H12F2N2OS. The van der Waals surface area contributed by atoms with E-state index in [9.17, 15) is 13.6 Å². The molecule has 2 heterocycles. The van der Waals surface area contributed by atoms with Gasteiger partial charge >= 0.3 is 0 Å². The van der Waals surface area contributed by atoms with E-state index in [-0.39, 0.29) is 17.8 Å². The summed E-state index contributed by atoms with van der Waals surface area (Å²) in [5, 5.41) is -0.233. The van der Waals surface area contributed by atoms with Crippen molar-refractivity contribution in [2.45, 2.75) is 11.9 Å². The lowest BCUT2D eigenvalue weighted by molar-refractivity contribution is -0.128. The van der Waals surface area contributed by atoms with Crippen molar-refractivity contribution in [2.24, 2.45) is 0 Å². The van der Waals surface area contributed by atoms with E-state index in [1.54, 1.807) is 17.2 Å². The van der Waals surface area contributed by atoms with Gasteiger partial charge in [0.05, 0.1) is 18.0 Å². The van der Waals surface area contributed by atoms with Crippen molar-refractivity contribution in [1.82, 2.24) is 9.88 Å².